The lowest BCUT2D eigenvalue weighted by molar-refractivity contribution is -0.137. The normalized spacial score (nSPS) is 18.2. The molecule has 2 amide bonds. The van der Waals surface area contributed by atoms with Crippen molar-refractivity contribution in [3.8, 4) is 23.0 Å². The molecule has 1 heterocycles. The summed E-state index contributed by atoms with van der Waals surface area (Å²) in [4.78, 5) is 18.6. The van der Waals surface area contributed by atoms with Gasteiger partial charge in [-0.1, -0.05) is 35.3 Å². The SMILES string of the molecule is COc1cc(OC)c(C2(O)C(=NCc3ccc(C(F)(F)F)cc3)NC(=O)N2c2cc(Cl)c(O)c(Cl)c2)cc1OC. The number of alkyl halides is 3. The maximum Gasteiger partial charge on any atom is 0.416 e. The van der Waals surface area contributed by atoms with Crippen molar-refractivity contribution in [1.82, 2.24) is 5.32 Å². The van der Waals surface area contributed by atoms with E-state index in [9.17, 15) is 28.2 Å². The highest BCUT2D eigenvalue weighted by Crippen LogP contribution is 2.46. The molecule has 0 spiro atoms. The van der Waals surface area contributed by atoms with Crippen molar-refractivity contribution < 1.29 is 42.4 Å². The van der Waals surface area contributed by atoms with Gasteiger partial charge in [0.05, 0.1) is 54.7 Å². The topological polar surface area (TPSA) is 113 Å². The number of carbonyl (C=O) groups excluding carboxylic acids is 1. The molecular formula is C26H22Cl2F3N3O6. The molecule has 40 heavy (non-hydrogen) atoms. The van der Waals surface area contributed by atoms with E-state index in [-0.39, 0.29) is 50.9 Å². The summed E-state index contributed by atoms with van der Waals surface area (Å²) in [5, 5.41) is 24.5. The van der Waals surface area contributed by atoms with Crippen molar-refractivity contribution in [1.29, 1.82) is 0 Å². The predicted octanol–water partition coefficient (Wildman–Crippen LogP) is 5.72. The number of ether oxygens (including phenoxy) is 3. The van der Waals surface area contributed by atoms with E-state index >= 15 is 0 Å². The number of rotatable bonds is 7. The number of urea groups is 1. The average molecular weight is 600 g/mol. The fourth-order valence-corrected chi connectivity index (χ4v) is 4.63. The van der Waals surface area contributed by atoms with Crippen LogP contribution < -0.4 is 24.4 Å². The van der Waals surface area contributed by atoms with Crippen LogP contribution in [0.3, 0.4) is 0 Å². The molecule has 1 aliphatic rings. The third-order valence-electron chi connectivity index (χ3n) is 6.12. The maximum absolute atomic E-state index is 13.3. The van der Waals surface area contributed by atoms with Crippen LogP contribution in [0.25, 0.3) is 0 Å². The molecule has 3 aromatic carbocycles. The summed E-state index contributed by atoms with van der Waals surface area (Å²) >= 11 is 12.2. The highest BCUT2D eigenvalue weighted by molar-refractivity contribution is 6.37. The van der Waals surface area contributed by atoms with Gasteiger partial charge in [0.15, 0.2) is 23.1 Å². The smallest absolute Gasteiger partial charge is 0.416 e. The van der Waals surface area contributed by atoms with Crippen LogP contribution in [0.1, 0.15) is 16.7 Å². The quantitative estimate of drug-likeness (QED) is 0.320. The number of phenolic OH excluding ortho intramolecular Hbond substituents is 1. The number of phenols is 1. The van der Waals surface area contributed by atoms with Gasteiger partial charge in [-0.3, -0.25) is 15.2 Å². The van der Waals surface area contributed by atoms with E-state index in [4.69, 9.17) is 37.4 Å². The lowest BCUT2D eigenvalue weighted by Gasteiger charge is -2.34. The van der Waals surface area contributed by atoms with E-state index in [2.05, 4.69) is 10.3 Å². The number of nitrogens with one attached hydrogen (secondary N) is 1. The Balaban J connectivity index is 1.90. The number of anilines is 1. The van der Waals surface area contributed by atoms with E-state index in [0.717, 1.165) is 17.0 Å². The number of methoxy groups -OCH3 is 3. The second-order valence-corrected chi connectivity index (χ2v) is 9.28. The van der Waals surface area contributed by atoms with Gasteiger partial charge < -0.3 is 24.4 Å². The Morgan fingerprint density at radius 1 is 0.950 bits per heavy atom. The van der Waals surface area contributed by atoms with Gasteiger partial charge in [-0.25, -0.2) is 4.79 Å². The summed E-state index contributed by atoms with van der Waals surface area (Å²) < 4.78 is 55.1. The molecule has 14 heteroatoms. The van der Waals surface area contributed by atoms with Gasteiger partial charge in [0.25, 0.3) is 0 Å². The zero-order valence-electron chi connectivity index (χ0n) is 21.1. The number of halogens is 5. The van der Waals surface area contributed by atoms with Crippen LogP contribution in [0.5, 0.6) is 23.0 Å². The number of hydrogen-bond donors (Lipinski definition) is 3. The molecule has 0 aromatic heterocycles. The van der Waals surface area contributed by atoms with Crippen molar-refractivity contribution in [3.63, 3.8) is 0 Å². The Morgan fingerprint density at radius 3 is 2.02 bits per heavy atom. The number of benzene rings is 3. The summed E-state index contributed by atoms with van der Waals surface area (Å²) in [6.45, 7) is -0.212. The van der Waals surface area contributed by atoms with E-state index in [0.29, 0.717) is 5.56 Å². The fraction of sp³-hybridized carbons (Fsp3) is 0.231. The van der Waals surface area contributed by atoms with E-state index in [1.807, 2.05) is 0 Å². The monoisotopic (exact) mass is 599 g/mol. The standard InChI is InChI=1S/C26H22Cl2F3N3O6/c1-38-19-11-21(40-3)20(39-2)10-16(19)25(37)23(32-12-13-4-6-14(7-5-13)26(29,30)31)33-24(36)34(25)15-8-17(27)22(35)18(28)9-15/h4-11,35,37H,12H2,1-3H3,(H,32,33,36). The molecule has 0 bridgehead atoms. The first kappa shape index (κ1) is 29.1. The van der Waals surface area contributed by atoms with Crippen LogP contribution in [0.15, 0.2) is 53.5 Å². The molecule has 3 aromatic rings. The second kappa shape index (κ2) is 11.0. The van der Waals surface area contributed by atoms with Crippen molar-refractivity contribution >= 4 is 40.8 Å². The average Bonchev–Trinajstić information content (AvgIpc) is 3.18. The predicted molar refractivity (Wildman–Crippen MR) is 142 cm³/mol. The molecule has 1 atom stereocenters. The number of aliphatic imine (C=N–C) groups is 1. The fourth-order valence-electron chi connectivity index (χ4n) is 4.15. The van der Waals surface area contributed by atoms with Gasteiger partial charge in [0.1, 0.15) is 5.75 Å². The highest BCUT2D eigenvalue weighted by atomic mass is 35.5. The molecule has 3 N–H and O–H groups in total. The zero-order valence-corrected chi connectivity index (χ0v) is 22.6. The van der Waals surface area contributed by atoms with Gasteiger partial charge in [0.2, 0.25) is 5.72 Å². The Bertz CT molecular complexity index is 1460. The number of nitrogens with zero attached hydrogens (tertiary/aromatic N) is 2. The number of amidine groups is 1. The third-order valence-corrected chi connectivity index (χ3v) is 6.70. The van der Waals surface area contributed by atoms with Crippen molar-refractivity contribution in [2.24, 2.45) is 4.99 Å². The van der Waals surface area contributed by atoms with Gasteiger partial charge in [0, 0.05) is 6.07 Å². The molecule has 212 valence electrons. The van der Waals surface area contributed by atoms with Gasteiger partial charge in [-0.05, 0) is 35.9 Å². The maximum atomic E-state index is 13.3. The Hall–Kier alpha value is -3.87. The summed E-state index contributed by atoms with van der Waals surface area (Å²) in [6, 6.07) is 8.63. The Morgan fingerprint density at radius 2 is 1.50 bits per heavy atom. The van der Waals surface area contributed by atoms with E-state index in [1.165, 1.54) is 57.7 Å². The largest absolute Gasteiger partial charge is 0.505 e. The summed E-state index contributed by atoms with van der Waals surface area (Å²) in [7, 11) is 4.10. The molecular weight excluding hydrogens is 578 g/mol. The first-order valence-corrected chi connectivity index (χ1v) is 12.1. The summed E-state index contributed by atoms with van der Waals surface area (Å²) in [5.41, 5.74) is -2.92. The molecule has 0 saturated carbocycles. The minimum Gasteiger partial charge on any atom is -0.505 e. The molecule has 9 nitrogen and oxygen atoms in total. The molecule has 1 unspecified atom stereocenters. The van der Waals surface area contributed by atoms with Crippen molar-refractivity contribution in [3.05, 3.63) is 75.3 Å². The summed E-state index contributed by atoms with van der Waals surface area (Å²) in [6.07, 6.45) is -4.51. The van der Waals surface area contributed by atoms with Crippen LogP contribution in [-0.4, -0.2) is 43.4 Å². The van der Waals surface area contributed by atoms with Crippen LogP contribution in [0, 0.1) is 0 Å². The first-order valence-electron chi connectivity index (χ1n) is 11.4. The highest BCUT2D eigenvalue weighted by Gasteiger charge is 2.54. The number of aromatic hydroxyl groups is 1. The van der Waals surface area contributed by atoms with E-state index < -0.39 is 29.2 Å². The van der Waals surface area contributed by atoms with Gasteiger partial charge in [-0.2, -0.15) is 13.2 Å². The van der Waals surface area contributed by atoms with Crippen LogP contribution >= 0.6 is 23.2 Å². The first-order chi connectivity index (χ1) is 18.8. The minimum atomic E-state index is -4.51. The molecule has 1 aliphatic heterocycles. The molecule has 1 fully saturated rings. The number of amides is 2. The lowest BCUT2D eigenvalue weighted by atomic mass is 9.98. The lowest BCUT2D eigenvalue weighted by Crippen LogP contribution is -2.47. The summed E-state index contributed by atoms with van der Waals surface area (Å²) in [5.74, 6) is -0.220. The van der Waals surface area contributed by atoms with Crippen LogP contribution in [0.2, 0.25) is 10.0 Å². The Kier molecular flexibility index (Phi) is 7.97. The number of carbonyl (C=O) groups is 1. The molecule has 0 radical (unpaired) electrons. The minimum absolute atomic E-state index is 0.0162. The molecule has 4 rings (SSSR count). The van der Waals surface area contributed by atoms with Gasteiger partial charge >= 0.3 is 12.2 Å². The second-order valence-electron chi connectivity index (χ2n) is 8.46. The van der Waals surface area contributed by atoms with Crippen molar-refractivity contribution in [2.45, 2.75) is 18.4 Å². The molecule has 1 saturated heterocycles. The number of aliphatic hydroxyl groups is 1. The van der Waals surface area contributed by atoms with E-state index in [1.54, 1.807) is 0 Å². The third kappa shape index (κ3) is 5.17. The Labute approximate surface area is 236 Å². The molecule has 0 aliphatic carbocycles. The number of hydrogen-bond acceptors (Lipinski definition) is 7. The van der Waals surface area contributed by atoms with Crippen LogP contribution in [-0.2, 0) is 18.4 Å². The van der Waals surface area contributed by atoms with Gasteiger partial charge in [-0.15, -0.1) is 0 Å². The van der Waals surface area contributed by atoms with Crippen LogP contribution in [0.4, 0.5) is 23.7 Å². The zero-order chi connectivity index (χ0) is 29.4. The van der Waals surface area contributed by atoms with Crippen molar-refractivity contribution in [2.75, 3.05) is 26.2 Å².